The molecule has 7 nitrogen and oxygen atoms in total. The fourth-order valence-electron chi connectivity index (χ4n) is 2.48. The van der Waals surface area contributed by atoms with Gasteiger partial charge < -0.3 is 15.0 Å². The number of hydrogen-bond donors (Lipinski definition) is 3. The van der Waals surface area contributed by atoms with Crippen LogP contribution in [0.5, 0.6) is 0 Å². The average molecular weight is 392 g/mol. The number of carbonyl (C=O) groups excluding carboxylic acids is 1. The zero-order valence-corrected chi connectivity index (χ0v) is 16.1. The number of rotatable bonds is 4. The summed E-state index contributed by atoms with van der Waals surface area (Å²) >= 11 is 6.66. The van der Waals surface area contributed by atoms with Gasteiger partial charge in [0.1, 0.15) is 5.69 Å². The number of benzene rings is 1. The van der Waals surface area contributed by atoms with Crippen molar-refractivity contribution in [2.24, 2.45) is 0 Å². The molecule has 0 aliphatic carbocycles. The van der Waals surface area contributed by atoms with Crippen molar-refractivity contribution < 1.29 is 9.53 Å². The first-order valence-corrected chi connectivity index (χ1v) is 9.69. The molecule has 2 heterocycles. The lowest BCUT2D eigenvalue weighted by Crippen LogP contribution is -2.44. The Kier molecular flexibility index (Phi) is 6.37. The lowest BCUT2D eigenvalue weighted by Gasteiger charge is -2.25. The number of hydrogen-bond acceptors (Lipinski definition) is 6. The van der Waals surface area contributed by atoms with Crippen LogP contribution in [0, 0.1) is 0 Å². The Morgan fingerprint density at radius 2 is 2.15 bits per heavy atom. The maximum absolute atomic E-state index is 12.2. The minimum Gasteiger partial charge on any atom is -0.378 e. The summed E-state index contributed by atoms with van der Waals surface area (Å²) in [6, 6.07) is 7.96. The molecule has 1 amide bonds. The summed E-state index contributed by atoms with van der Waals surface area (Å²) in [5.41, 5.74) is 7.72. The highest BCUT2D eigenvalue weighted by atomic mass is 32.1. The topological polar surface area (TPSA) is 78.5 Å². The number of nitrogens with one attached hydrogen (secondary N) is 3. The highest BCUT2D eigenvalue weighted by Gasteiger charge is 2.17. The van der Waals surface area contributed by atoms with Crippen LogP contribution >= 0.6 is 23.6 Å². The molecule has 0 atom stereocenters. The van der Waals surface area contributed by atoms with Crippen LogP contribution in [0.3, 0.4) is 0 Å². The minimum absolute atomic E-state index is 0.315. The summed E-state index contributed by atoms with van der Waals surface area (Å²) in [4.78, 5) is 18.7. The lowest BCUT2D eigenvalue weighted by atomic mass is 10.1. The lowest BCUT2D eigenvalue weighted by molar-refractivity contribution is 0.0940. The molecule has 1 aliphatic rings. The third-order valence-corrected chi connectivity index (χ3v) is 4.99. The fourth-order valence-corrected chi connectivity index (χ4v) is 3.51. The van der Waals surface area contributed by atoms with Crippen molar-refractivity contribution >= 4 is 45.4 Å². The highest BCUT2D eigenvalue weighted by molar-refractivity contribution is 7.80. The number of thiazole rings is 1. The van der Waals surface area contributed by atoms with Crippen LogP contribution in [0.25, 0.3) is 0 Å². The van der Waals surface area contributed by atoms with Gasteiger partial charge in [-0.2, -0.15) is 0 Å². The molecule has 0 spiro atoms. The molecule has 1 aromatic carbocycles. The number of carbonyl (C=O) groups is 1. The normalized spacial score (nSPS) is 14.0. The third-order valence-electron chi connectivity index (χ3n) is 3.89. The number of anilines is 2. The molecule has 1 saturated heterocycles. The fraction of sp³-hybridized carbons (Fsp3) is 0.353. The van der Waals surface area contributed by atoms with Crippen molar-refractivity contribution in [3.8, 4) is 0 Å². The molecule has 1 aliphatic heterocycles. The second-order valence-corrected chi connectivity index (χ2v) is 6.95. The van der Waals surface area contributed by atoms with E-state index < -0.39 is 0 Å². The summed E-state index contributed by atoms with van der Waals surface area (Å²) in [5.74, 6) is -0.327. The van der Waals surface area contributed by atoms with E-state index >= 15 is 0 Å². The van der Waals surface area contributed by atoms with E-state index in [0.29, 0.717) is 24.0 Å². The van der Waals surface area contributed by atoms with Crippen LogP contribution < -0.4 is 21.1 Å². The highest BCUT2D eigenvalue weighted by Crippen LogP contribution is 2.21. The van der Waals surface area contributed by atoms with Crippen molar-refractivity contribution in [2.75, 3.05) is 36.5 Å². The summed E-state index contributed by atoms with van der Waals surface area (Å²) in [7, 11) is 0. The predicted octanol–water partition coefficient (Wildman–Crippen LogP) is 2.17. The van der Waals surface area contributed by atoms with Crippen LogP contribution in [0.1, 0.15) is 23.0 Å². The number of ether oxygens (including phenoxy) is 1. The van der Waals surface area contributed by atoms with Crippen molar-refractivity contribution in [1.29, 1.82) is 0 Å². The van der Waals surface area contributed by atoms with Crippen LogP contribution in [0.2, 0.25) is 0 Å². The van der Waals surface area contributed by atoms with Gasteiger partial charge in [0, 0.05) is 24.2 Å². The number of morpholine rings is 1. The van der Waals surface area contributed by atoms with E-state index in [9.17, 15) is 4.79 Å². The molecular weight excluding hydrogens is 370 g/mol. The Morgan fingerprint density at radius 1 is 1.35 bits per heavy atom. The van der Waals surface area contributed by atoms with Gasteiger partial charge in [-0.05, 0) is 36.3 Å². The Hall–Kier alpha value is -2.23. The molecule has 26 heavy (non-hydrogen) atoms. The van der Waals surface area contributed by atoms with Crippen molar-refractivity contribution in [1.82, 2.24) is 15.8 Å². The van der Waals surface area contributed by atoms with Gasteiger partial charge in [0.05, 0.1) is 13.2 Å². The molecule has 0 radical (unpaired) electrons. The second kappa shape index (κ2) is 8.93. The van der Waals surface area contributed by atoms with Gasteiger partial charge in [0.2, 0.25) is 0 Å². The van der Waals surface area contributed by atoms with E-state index in [1.54, 1.807) is 5.38 Å². The quantitative estimate of drug-likeness (QED) is 0.545. The maximum atomic E-state index is 12.2. The van der Waals surface area contributed by atoms with Crippen LogP contribution in [-0.2, 0) is 11.2 Å². The monoisotopic (exact) mass is 391 g/mol. The zero-order valence-electron chi connectivity index (χ0n) is 14.4. The van der Waals surface area contributed by atoms with E-state index in [4.69, 9.17) is 17.0 Å². The van der Waals surface area contributed by atoms with Gasteiger partial charge >= 0.3 is 0 Å². The Bertz CT molecular complexity index is 774. The summed E-state index contributed by atoms with van der Waals surface area (Å²) in [5, 5.41) is 5.93. The molecular formula is C17H21N5O2S2. The molecule has 9 heteroatoms. The molecule has 0 saturated carbocycles. The standard InChI is InChI=1S/C17H21N5O2S2/c1-2-12-4-3-5-13(10-12)18-16(25)21-20-15(23)14-11-26-17(19-14)22-6-8-24-9-7-22/h3-5,10-11H,2,6-9H2,1H3,(H,20,23)(H2,18,21,25). The molecule has 0 unspecified atom stereocenters. The van der Waals surface area contributed by atoms with Crippen LogP contribution in [-0.4, -0.2) is 42.3 Å². The van der Waals surface area contributed by atoms with E-state index in [-0.39, 0.29) is 5.91 Å². The summed E-state index contributed by atoms with van der Waals surface area (Å²) < 4.78 is 5.33. The molecule has 1 aromatic heterocycles. The van der Waals surface area contributed by atoms with Gasteiger partial charge in [-0.3, -0.25) is 15.6 Å². The number of amides is 1. The average Bonchev–Trinajstić information content (AvgIpc) is 3.17. The number of thiocarbonyl (C=S) groups is 1. The van der Waals surface area contributed by atoms with Crippen molar-refractivity contribution in [3.63, 3.8) is 0 Å². The first kappa shape index (κ1) is 18.6. The van der Waals surface area contributed by atoms with Gasteiger partial charge in [0.15, 0.2) is 10.2 Å². The van der Waals surface area contributed by atoms with Gasteiger partial charge in [-0.1, -0.05) is 19.1 Å². The zero-order chi connectivity index (χ0) is 18.4. The molecule has 3 N–H and O–H groups in total. The van der Waals surface area contributed by atoms with Gasteiger partial charge in [-0.15, -0.1) is 11.3 Å². The number of hydrazine groups is 1. The Balaban J connectivity index is 1.50. The Morgan fingerprint density at radius 3 is 2.92 bits per heavy atom. The van der Waals surface area contributed by atoms with E-state index in [1.165, 1.54) is 16.9 Å². The SMILES string of the molecule is CCc1cccc(NC(=S)NNC(=O)c2csc(N3CCOCC3)n2)c1. The smallest absolute Gasteiger partial charge is 0.289 e. The number of nitrogens with zero attached hydrogens (tertiary/aromatic N) is 2. The minimum atomic E-state index is -0.327. The number of aromatic nitrogens is 1. The largest absolute Gasteiger partial charge is 0.378 e. The van der Waals surface area contributed by atoms with E-state index in [0.717, 1.165) is 30.3 Å². The van der Waals surface area contributed by atoms with Crippen molar-refractivity contribution in [2.45, 2.75) is 13.3 Å². The van der Waals surface area contributed by atoms with Gasteiger partial charge in [-0.25, -0.2) is 4.98 Å². The van der Waals surface area contributed by atoms with E-state index in [1.807, 2.05) is 18.2 Å². The van der Waals surface area contributed by atoms with Crippen LogP contribution in [0.15, 0.2) is 29.6 Å². The predicted molar refractivity (Wildman–Crippen MR) is 108 cm³/mol. The second-order valence-electron chi connectivity index (χ2n) is 5.70. The molecule has 3 rings (SSSR count). The third kappa shape index (κ3) is 4.90. The summed E-state index contributed by atoms with van der Waals surface area (Å²) in [6.07, 6.45) is 0.946. The molecule has 138 valence electrons. The maximum Gasteiger partial charge on any atom is 0.289 e. The first-order chi connectivity index (χ1) is 12.7. The van der Waals surface area contributed by atoms with E-state index in [2.05, 4.69) is 39.0 Å². The van der Waals surface area contributed by atoms with Crippen LogP contribution in [0.4, 0.5) is 10.8 Å². The Labute approximate surface area is 161 Å². The first-order valence-electron chi connectivity index (χ1n) is 8.40. The molecule has 2 aromatic rings. The molecule has 1 fully saturated rings. The molecule has 0 bridgehead atoms. The summed E-state index contributed by atoms with van der Waals surface area (Å²) in [6.45, 7) is 5.04. The van der Waals surface area contributed by atoms with Crippen molar-refractivity contribution in [3.05, 3.63) is 40.9 Å². The number of aryl methyl sites for hydroxylation is 1. The van der Waals surface area contributed by atoms with Gasteiger partial charge in [0.25, 0.3) is 5.91 Å².